The van der Waals surface area contributed by atoms with Crippen LogP contribution in [0.3, 0.4) is 0 Å². The number of benzene rings is 2. The van der Waals surface area contributed by atoms with Crippen LogP contribution >= 0.6 is 0 Å². The summed E-state index contributed by atoms with van der Waals surface area (Å²) < 4.78 is 21.8. The standard InChI is InChI=1S/C22H22O8/c1-14(2)20(25)27-13-22(30-21(26)15(3)4,28-18-11-7-5-9-16(18)23)29-19-12-8-6-10-17(19)24/h5-12,23-24H,1,3,13H2,2,4H3. The predicted molar refractivity (Wildman–Crippen MR) is 107 cm³/mol. The van der Waals surface area contributed by atoms with Gasteiger partial charge in [-0.1, -0.05) is 37.4 Å². The fraction of sp³-hybridized carbons (Fsp3) is 0.182. The molecule has 0 saturated carbocycles. The van der Waals surface area contributed by atoms with Gasteiger partial charge in [0.25, 0.3) is 0 Å². The summed E-state index contributed by atoms with van der Waals surface area (Å²) in [5.41, 5.74) is 0.0904. The number of carbonyl (C=O) groups excluding carboxylic acids is 2. The Morgan fingerprint density at radius 1 is 0.833 bits per heavy atom. The molecule has 158 valence electrons. The third kappa shape index (κ3) is 5.78. The SMILES string of the molecule is C=C(C)C(=O)OCC(OC(=O)C(=C)C)(Oc1ccccc1O)Oc1ccccc1O. The molecule has 30 heavy (non-hydrogen) atoms. The third-order valence-electron chi connectivity index (χ3n) is 3.59. The second-order valence-electron chi connectivity index (χ2n) is 6.35. The van der Waals surface area contributed by atoms with E-state index < -0.39 is 24.5 Å². The number of aromatic hydroxyl groups is 2. The van der Waals surface area contributed by atoms with Gasteiger partial charge < -0.3 is 29.2 Å². The average Bonchev–Trinajstić information content (AvgIpc) is 2.69. The number of phenols is 2. The van der Waals surface area contributed by atoms with E-state index in [0.29, 0.717) is 0 Å². The van der Waals surface area contributed by atoms with Crippen molar-refractivity contribution in [2.24, 2.45) is 0 Å². The van der Waals surface area contributed by atoms with Crippen molar-refractivity contribution in [2.45, 2.75) is 19.8 Å². The van der Waals surface area contributed by atoms with Gasteiger partial charge in [-0.05, 0) is 38.1 Å². The molecule has 2 rings (SSSR count). The highest BCUT2D eigenvalue weighted by molar-refractivity contribution is 5.88. The molecule has 0 amide bonds. The van der Waals surface area contributed by atoms with Crippen LogP contribution in [0.15, 0.2) is 72.8 Å². The number of para-hydroxylation sites is 4. The van der Waals surface area contributed by atoms with E-state index in [2.05, 4.69) is 13.2 Å². The van der Waals surface area contributed by atoms with Crippen molar-refractivity contribution in [3.63, 3.8) is 0 Å². The molecular formula is C22H22O8. The Morgan fingerprint density at radius 3 is 1.67 bits per heavy atom. The number of esters is 2. The van der Waals surface area contributed by atoms with Gasteiger partial charge in [0.05, 0.1) is 0 Å². The molecule has 0 bridgehead atoms. The number of rotatable bonds is 9. The zero-order chi connectivity index (χ0) is 22.3. The van der Waals surface area contributed by atoms with Gasteiger partial charge in [0, 0.05) is 11.1 Å². The van der Waals surface area contributed by atoms with Crippen LogP contribution < -0.4 is 9.47 Å². The monoisotopic (exact) mass is 414 g/mol. The van der Waals surface area contributed by atoms with Crippen molar-refractivity contribution >= 4 is 11.9 Å². The largest absolute Gasteiger partial charge is 0.504 e. The van der Waals surface area contributed by atoms with Crippen LogP contribution in [-0.4, -0.2) is 34.7 Å². The summed E-state index contributed by atoms with van der Waals surface area (Å²) in [6.07, 6.45) is 0. The average molecular weight is 414 g/mol. The summed E-state index contributed by atoms with van der Waals surface area (Å²) in [6, 6.07) is 11.6. The van der Waals surface area contributed by atoms with Crippen molar-refractivity contribution in [3.8, 4) is 23.0 Å². The fourth-order valence-corrected chi connectivity index (χ4v) is 2.08. The van der Waals surface area contributed by atoms with E-state index in [1.54, 1.807) is 24.3 Å². The molecule has 0 aromatic heterocycles. The molecular weight excluding hydrogens is 392 g/mol. The van der Waals surface area contributed by atoms with E-state index in [4.69, 9.17) is 18.9 Å². The molecule has 0 heterocycles. The molecule has 0 spiro atoms. The summed E-state index contributed by atoms with van der Waals surface area (Å²) in [5, 5.41) is 20.2. The first-order chi connectivity index (χ1) is 14.1. The molecule has 0 aliphatic heterocycles. The summed E-state index contributed by atoms with van der Waals surface area (Å²) in [5.74, 6) is -4.97. The van der Waals surface area contributed by atoms with Gasteiger partial charge >= 0.3 is 17.9 Å². The molecule has 0 aliphatic carbocycles. The van der Waals surface area contributed by atoms with Gasteiger partial charge in [0.1, 0.15) is 0 Å². The van der Waals surface area contributed by atoms with E-state index in [-0.39, 0.29) is 34.1 Å². The Balaban J connectivity index is 2.52. The highest BCUT2D eigenvalue weighted by Crippen LogP contribution is 2.34. The minimum absolute atomic E-state index is 0.00682. The second-order valence-corrected chi connectivity index (χ2v) is 6.35. The Bertz CT molecular complexity index is 916. The summed E-state index contributed by atoms with van der Waals surface area (Å²) in [4.78, 5) is 24.3. The van der Waals surface area contributed by atoms with Crippen LogP contribution in [0.2, 0.25) is 0 Å². The molecule has 0 radical (unpaired) electrons. The summed E-state index contributed by atoms with van der Waals surface area (Å²) in [7, 11) is 0. The second kappa shape index (κ2) is 9.51. The zero-order valence-corrected chi connectivity index (χ0v) is 16.6. The van der Waals surface area contributed by atoms with Crippen molar-refractivity contribution < 1.29 is 38.7 Å². The van der Waals surface area contributed by atoms with Crippen molar-refractivity contribution in [1.82, 2.24) is 0 Å². The van der Waals surface area contributed by atoms with Gasteiger partial charge in [0.15, 0.2) is 23.0 Å². The van der Waals surface area contributed by atoms with Crippen LogP contribution in [0.5, 0.6) is 23.0 Å². The molecule has 0 aliphatic rings. The van der Waals surface area contributed by atoms with E-state index in [0.717, 1.165) is 0 Å². The molecule has 8 heteroatoms. The lowest BCUT2D eigenvalue weighted by atomic mass is 10.3. The minimum Gasteiger partial charge on any atom is -0.504 e. The molecule has 2 aromatic rings. The third-order valence-corrected chi connectivity index (χ3v) is 3.59. The summed E-state index contributed by atoms with van der Waals surface area (Å²) in [6.45, 7) is 9.06. The molecule has 0 saturated heterocycles. The van der Waals surface area contributed by atoms with E-state index in [1.807, 2.05) is 0 Å². The number of ether oxygens (including phenoxy) is 4. The quantitative estimate of drug-likeness (QED) is 0.365. The lowest BCUT2D eigenvalue weighted by Crippen LogP contribution is -2.51. The van der Waals surface area contributed by atoms with Crippen LogP contribution in [0.1, 0.15) is 13.8 Å². The van der Waals surface area contributed by atoms with E-state index in [1.165, 1.54) is 38.1 Å². The summed E-state index contributed by atoms with van der Waals surface area (Å²) >= 11 is 0. The molecule has 0 unspecified atom stereocenters. The smallest absolute Gasteiger partial charge is 0.456 e. The van der Waals surface area contributed by atoms with Gasteiger partial charge in [-0.3, -0.25) is 0 Å². The lowest BCUT2D eigenvalue weighted by Gasteiger charge is -2.32. The molecule has 2 N–H and O–H groups in total. The maximum atomic E-state index is 12.3. The highest BCUT2D eigenvalue weighted by atomic mass is 16.9. The van der Waals surface area contributed by atoms with Crippen molar-refractivity contribution in [1.29, 1.82) is 0 Å². The predicted octanol–water partition coefficient (Wildman–Crippen LogP) is 3.45. The topological polar surface area (TPSA) is 112 Å². The first kappa shape index (κ1) is 22.4. The van der Waals surface area contributed by atoms with Crippen molar-refractivity contribution in [2.75, 3.05) is 6.61 Å². The van der Waals surface area contributed by atoms with Gasteiger partial charge in [0.2, 0.25) is 6.61 Å². The van der Waals surface area contributed by atoms with Gasteiger partial charge in [-0.25, -0.2) is 9.59 Å². The Morgan fingerprint density at radius 2 is 1.27 bits per heavy atom. The Hall–Kier alpha value is -3.94. The number of hydrogen-bond donors (Lipinski definition) is 2. The van der Waals surface area contributed by atoms with Crippen LogP contribution in [0.25, 0.3) is 0 Å². The van der Waals surface area contributed by atoms with E-state index >= 15 is 0 Å². The Kier molecular flexibility index (Phi) is 7.08. The first-order valence-corrected chi connectivity index (χ1v) is 8.79. The van der Waals surface area contributed by atoms with Crippen LogP contribution in [0, 0.1) is 0 Å². The maximum absolute atomic E-state index is 12.3. The molecule has 8 nitrogen and oxygen atoms in total. The zero-order valence-electron chi connectivity index (χ0n) is 16.6. The normalized spacial score (nSPS) is 10.6. The molecule has 0 fully saturated rings. The van der Waals surface area contributed by atoms with Gasteiger partial charge in [-0.2, -0.15) is 0 Å². The number of carbonyl (C=O) groups is 2. The fourth-order valence-electron chi connectivity index (χ4n) is 2.08. The lowest BCUT2D eigenvalue weighted by molar-refractivity contribution is -0.300. The van der Waals surface area contributed by atoms with E-state index in [9.17, 15) is 19.8 Å². The van der Waals surface area contributed by atoms with Crippen LogP contribution in [-0.2, 0) is 19.1 Å². The number of hydrogen-bond acceptors (Lipinski definition) is 8. The molecule has 2 aromatic carbocycles. The minimum atomic E-state index is -2.40. The number of phenolic OH excluding ortho intramolecular Hbond substituents is 2. The maximum Gasteiger partial charge on any atom is 0.456 e. The van der Waals surface area contributed by atoms with Crippen molar-refractivity contribution in [3.05, 3.63) is 72.8 Å². The molecule has 0 atom stereocenters. The Labute approximate surface area is 173 Å². The van der Waals surface area contributed by atoms with Crippen LogP contribution in [0.4, 0.5) is 0 Å². The van der Waals surface area contributed by atoms with Gasteiger partial charge in [-0.15, -0.1) is 0 Å². The first-order valence-electron chi connectivity index (χ1n) is 8.79. The highest BCUT2D eigenvalue weighted by Gasteiger charge is 2.44.